The van der Waals surface area contributed by atoms with Gasteiger partial charge in [-0.05, 0) is 26.7 Å². The van der Waals surface area contributed by atoms with Crippen molar-refractivity contribution in [2.24, 2.45) is 5.92 Å². The van der Waals surface area contributed by atoms with Crippen molar-refractivity contribution in [2.45, 2.75) is 52.1 Å². The minimum atomic E-state index is -0.384. The Morgan fingerprint density at radius 3 is 2.56 bits per heavy atom. The van der Waals surface area contributed by atoms with E-state index in [0.717, 1.165) is 0 Å². The molecule has 0 aliphatic carbocycles. The van der Waals surface area contributed by atoms with E-state index in [2.05, 4.69) is 24.1 Å². The van der Waals surface area contributed by atoms with Gasteiger partial charge in [0.25, 0.3) is 5.56 Å². The molecule has 1 aromatic rings. The Morgan fingerprint density at radius 2 is 2.06 bits per heavy atom. The first kappa shape index (κ1) is 15.0. The molecule has 1 heterocycles. The molecule has 1 rings (SSSR count). The van der Waals surface area contributed by atoms with E-state index in [9.17, 15) is 4.79 Å². The molecule has 0 aromatic carbocycles. The second-order valence-corrected chi connectivity index (χ2v) is 6.24. The summed E-state index contributed by atoms with van der Waals surface area (Å²) >= 11 is 6.10. The summed E-state index contributed by atoms with van der Waals surface area (Å²) in [7, 11) is 0. The Kier molecular flexibility index (Phi) is 4.79. The first-order valence-electron chi connectivity index (χ1n) is 6.21. The van der Waals surface area contributed by atoms with Crippen LogP contribution in [0.5, 0.6) is 0 Å². The molecule has 0 aliphatic rings. The zero-order valence-electron chi connectivity index (χ0n) is 11.7. The van der Waals surface area contributed by atoms with Gasteiger partial charge < -0.3 is 9.88 Å². The highest BCUT2D eigenvalue weighted by molar-refractivity contribution is 6.21. The van der Waals surface area contributed by atoms with E-state index in [1.54, 1.807) is 17.0 Å². The fraction of sp³-hybridized carbons (Fsp3) is 0.692. The molecule has 0 saturated carbocycles. The van der Waals surface area contributed by atoms with Crippen LogP contribution in [0.2, 0.25) is 0 Å². The molecule has 1 atom stereocenters. The average molecular weight is 272 g/mol. The molecular formula is C13H22ClN3O. The molecule has 5 heteroatoms. The zero-order chi connectivity index (χ0) is 13.9. The van der Waals surface area contributed by atoms with Gasteiger partial charge in [-0.1, -0.05) is 13.8 Å². The Bertz CT molecular complexity index is 452. The molecule has 0 aliphatic heterocycles. The van der Waals surface area contributed by atoms with E-state index < -0.39 is 0 Å². The third-order valence-electron chi connectivity index (χ3n) is 2.91. The van der Waals surface area contributed by atoms with Gasteiger partial charge in [0.1, 0.15) is 0 Å². The number of alkyl halides is 1. The molecule has 1 unspecified atom stereocenters. The summed E-state index contributed by atoms with van der Waals surface area (Å²) in [4.78, 5) is 16.3. The second-order valence-electron chi connectivity index (χ2n) is 5.59. The molecule has 0 radical (unpaired) electrons. The van der Waals surface area contributed by atoms with Crippen molar-refractivity contribution in [3.05, 3.63) is 22.7 Å². The van der Waals surface area contributed by atoms with Crippen LogP contribution in [-0.2, 0) is 6.54 Å². The summed E-state index contributed by atoms with van der Waals surface area (Å²) < 4.78 is 1.68. The summed E-state index contributed by atoms with van der Waals surface area (Å²) in [5, 5.41) is 3.01. The number of halogens is 1. The van der Waals surface area contributed by atoms with Gasteiger partial charge in [-0.2, -0.15) is 0 Å². The average Bonchev–Trinajstić information content (AvgIpc) is 2.23. The largest absolute Gasteiger partial charge is 0.359 e. The quantitative estimate of drug-likeness (QED) is 0.838. The van der Waals surface area contributed by atoms with E-state index in [0.29, 0.717) is 18.3 Å². The monoisotopic (exact) mass is 271 g/mol. The highest BCUT2D eigenvalue weighted by Gasteiger charge is 2.25. The van der Waals surface area contributed by atoms with Gasteiger partial charge in [0, 0.05) is 24.5 Å². The zero-order valence-corrected chi connectivity index (χ0v) is 12.5. The van der Waals surface area contributed by atoms with Crippen molar-refractivity contribution < 1.29 is 0 Å². The predicted octanol–water partition coefficient (Wildman–Crippen LogP) is 2.72. The van der Waals surface area contributed by atoms with Crippen LogP contribution in [0.3, 0.4) is 0 Å². The number of aromatic nitrogens is 2. The van der Waals surface area contributed by atoms with E-state index in [1.165, 1.54) is 0 Å². The number of rotatable bonds is 5. The Labute approximate surface area is 113 Å². The topological polar surface area (TPSA) is 46.9 Å². The van der Waals surface area contributed by atoms with E-state index in [-0.39, 0.29) is 16.5 Å². The first-order chi connectivity index (χ1) is 8.24. The SMILES string of the molecule is CC(C)Cn1ccnc(NC(C)(C)C(C)Cl)c1=O. The Morgan fingerprint density at radius 1 is 1.44 bits per heavy atom. The number of nitrogens with one attached hydrogen (secondary N) is 1. The third-order valence-corrected chi connectivity index (χ3v) is 3.46. The lowest BCUT2D eigenvalue weighted by atomic mass is 10.0. The van der Waals surface area contributed by atoms with Crippen LogP contribution < -0.4 is 10.9 Å². The maximum absolute atomic E-state index is 12.2. The Balaban J connectivity index is 3.01. The summed E-state index contributed by atoms with van der Waals surface area (Å²) in [6, 6.07) is 0. The highest BCUT2D eigenvalue weighted by atomic mass is 35.5. The predicted molar refractivity (Wildman–Crippen MR) is 76.4 cm³/mol. The van der Waals surface area contributed by atoms with Gasteiger partial charge in [-0.25, -0.2) is 4.98 Å². The molecule has 0 amide bonds. The van der Waals surface area contributed by atoms with E-state index >= 15 is 0 Å². The van der Waals surface area contributed by atoms with E-state index in [1.807, 2.05) is 20.8 Å². The van der Waals surface area contributed by atoms with Crippen LogP contribution in [0.25, 0.3) is 0 Å². The van der Waals surface area contributed by atoms with Gasteiger partial charge in [0.15, 0.2) is 5.82 Å². The lowest BCUT2D eigenvalue weighted by molar-refractivity contribution is 0.505. The molecule has 0 saturated heterocycles. The van der Waals surface area contributed by atoms with Crippen molar-refractivity contribution in [2.75, 3.05) is 5.32 Å². The molecule has 0 bridgehead atoms. The summed E-state index contributed by atoms with van der Waals surface area (Å²) in [5.41, 5.74) is -0.485. The fourth-order valence-electron chi connectivity index (χ4n) is 1.47. The van der Waals surface area contributed by atoms with Crippen LogP contribution in [-0.4, -0.2) is 20.5 Å². The van der Waals surface area contributed by atoms with Crippen LogP contribution in [0.1, 0.15) is 34.6 Å². The smallest absolute Gasteiger partial charge is 0.293 e. The molecule has 102 valence electrons. The summed E-state index contributed by atoms with van der Waals surface area (Å²) in [6.07, 6.45) is 3.35. The lowest BCUT2D eigenvalue weighted by Gasteiger charge is -2.29. The minimum absolute atomic E-state index is 0.100. The van der Waals surface area contributed by atoms with Gasteiger partial charge in [-0.3, -0.25) is 4.79 Å². The molecule has 0 fully saturated rings. The van der Waals surface area contributed by atoms with Crippen molar-refractivity contribution >= 4 is 17.4 Å². The molecule has 0 spiro atoms. The number of hydrogen-bond donors (Lipinski definition) is 1. The second kappa shape index (κ2) is 5.74. The van der Waals surface area contributed by atoms with Crippen LogP contribution in [0, 0.1) is 5.92 Å². The molecule has 1 aromatic heterocycles. The minimum Gasteiger partial charge on any atom is -0.359 e. The number of nitrogens with zero attached hydrogens (tertiary/aromatic N) is 2. The molecule has 18 heavy (non-hydrogen) atoms. The van der Waals surface area contributed by atoms with Gasteiger partial charge in [0.05, 0.1) is 5.38 Å². The van der Waals surface area contributed by atoms with Crippen molar-refractivity contribution in [1.82, 2.24) is 9.55 Å². The van der Waals surface area contributed by atoms with Gasteiger partial charge >= 0.3 is 0 Å². The molecule has 4 nitrogen and oxygen atoms in total. The summed E-state index contributed by atoms with van der Waals surface area (Å²) in [5.74, 6) is 0.772. The van der Waals surface area contributed by atoms with Gasteiger partial charge in [-0.15, -0.1) is 11.6 Å². The fourth-order valence-corrected chi connectivity index (χ4v) is 1.53. The maximum Gasteiger partial charge on any atom is 0.293 e. The van der Waals surface area contributed by atoms with E-state index in [4.69, 9.17) is 11.6 Å². The molecular weight excluding hydrogens is 250 g/mol. The summed E-state index contributed by atoms with van der Waals surface area (Å²) in [6.45, 7) is 10.6. The lowest BCUT2D eigenvalue weighted by Crippen LogP contribution is -2.42. The van der Waals surface area contributed by atoms with Crippen molar-refractivity contribution in [3.63, 3.8) is 0 Å². The normalized spacial score (nSPS) is 13.7. The number of anilines is 1. The highest BCUT2D eigenvalue weighted by Crippen LogP contribution is 2.18. The standard InChI is InChI=1S/C13H22ClN3O/c1-9(2)8-17-7-6-15-11(12(17)18)16-13(4,5)10(3)14/h6-7,9-10H,8H2,1-5H3,(H,15,16). The van der Waals surface area contributed by atoms with Gasteiger partial charge in [0.2, 0.25) is 0 Å². The molecule has 1 N–H and O–H groups in total. The van der Waals surface area contributed by atoms with Crippen LogP contribution in [0.15, 0.2) is 17.2 Å². The maximum atomic E-state index is 12.2. The Hall–Kier alpha value is -1.03. The van der Waals surface area contributed by atoms with Crippen LogP contribution in [0.4, 0.5) is 5.82 Å². The van der Waals surface area contributed by atoms with Crippen molar-refractivity contribution in [1.29, 1.82) is 0 Å². The van der Waals surface area contributed by atoms with Crippen LogP contribution >= 0.6 is 11.6 Å². The van der Waals surface area contributed by atoms with Crippen molar-refractivity contribution in [3.8, 4) is 0 Å². The third kappa shape index (κ3) is 3.73. The number of hydrogen-bond acceptors (Lipinski definition) is 3. The first-order valence-corrected chi connectivity index (χ1v) is 6.65.